The topological polar surface area (TPSA) is 21.3 Å². The van der Waals surface area contributed by atoms with Crippen molar-refractivity contribution >= 4 is 0 Å². The maximum Gasteiger partial charge on any atom is 0.123 e. The number of hydrogen-bond donors (Lipinski definition) is 1. The quantitative estimate of drug-likeness (QED) is 0.819. The van der Waals surface area contributed by atoms with Crippen molar-refractivity contribution in [3.63, 3.8) is 0 Å². The Balaban J connectivity index is 1.73. The van der Waals surface area contributed by atoms with Crippen LogP contribution in [0.4, 0.5) is 0 Å². The highest BCUT2D eigenvalue weighted by Gasteiger charge is 2.25. The zero-order chi connectivity index (χ0) is 11.0. The van der Waals surface area contributed by atoms with Crippen LogP contribution in [0.1, 0.15) is 42.7 Å². The van der Waals surface area contributed by atoms with Gasteiger partial charge in [-0.25, -0.2) is 0 Å². The Labute approximate surface area is 97.0 Å². The third-order valence-corrected chi connectivity index (χ3v) is 3.52. The van der Waals surface area contributed by atoms with Crippen molar-refractivity contribution in [3.05, 3.63) is 29.3 Å². The molecule has 2 aliphatic carbocycles. The molecule has 2 heteroatoms. The Morgan fingerprint density at radius 2 is 2.06 bits per heavy atom. The normalized spacial score (nSPS) is 19.8. The van der Waals surface area contributed by atoms with Gasteiger partial charge in [0.2, 0.25) is 0 Å². The van der Waals surface area contributed by atoms with Gasteiger partial charge in [-0.2, -0.15) is 0 Å². The molecule has 0 saturated heterocycles. The molecule has 1 aromatic carbocycles. The Bertz CT molecular complexity index is 380. The maximum absolute atomic E-state index is 5.48. The van der Waals surface area contributed by atoms with Crippen molar-refractivity contribution in [2.45, 2.75) is 44.2 Å². The molecule has 2 nitrogen and oxygen atoms in total. The van der Waals surface area contributed by atoms with Crippen LogP contribution in [0.2, 0.25) is 0 Å². The Morgan fingerprint density at radius 1 is 1.25 bits per heavy atom. The molecule has 2 fully saturated rings. The molecule has 0 bridgehead atoms. The number of ether oxygens (including phenoxy) is 1. The summed E-state index contributed by atoms with van der Waals surface area (Å²) in [6.07, 6.45) is 5.37. The fourth-order valence-corrected chi connectivity index (χ4v) is 2.12. The molecule has 0 spiro atoms. The third kappa shape index (κ3) is 2.22. The molecule has 0 radical (unpaired) electrons. The van der Waals surface area contributed by atoms with Gasteiger partial charge in [-0.3, -0.25) is 0 Å². The molecule has 2 aliphatic rings. The van der Waals surface area contributed by atoms with Crippen molar-refractivity contribution in [1.82, 2.24) is 5.32 Å². The van der Waals surface area contributed by atoms with Gasteiger partial charge in [0, 0.05) is 18.2 Å². The molecule has 3 rings (SSSR count). The summed E-state index contributed by atoms with van der Waals surface area (Å²) in [5, 5.41) is 3.53. The second-order valence-electron chi connectivity index (χ2n) is 5.00. The Kier molecular flexibility index (Phi) is 2.60. The van der Waals surface area contributed by atoms with Gasteiger partial charge in [0.1, 0.15) is 5.75 Å². The highest BCUT2D eigenvalue weighted by molar-refractivity contribution is 5.40. The number of nitrogens with one attached hydrogen (secondary N) is 1. The van der Waals surface area contributed by atoms with E-state index in [1.807, 2.05) is 0 Å². The van der Waals surface area contributed by atoms with Gasteiger partial charge >= 0.3 is 0 Å². The maximum atomic E-state index is 5.48. The molecular formula is C14H19NO. The molecular weight excluding hydrogens is 198 g/mol. The summed E-state index contributed by atoms with van der Waals surface area (Å²) >= 11 is 0. The van der Waals surface area contributed by atoms with E-state index in [2.05, 4.69) is 23.5 Å². The van der Waals surface area contributed by atoms with E-state index in [1.165, 1.54) is 36.8 Å². The minimum Gasteiger partial charge on any atom is -0.496 e. The summed E-state index contributed by atoms with van der Waals surface area (Å²) < 4.78 is 5.48. The van der Waals surface area contributed by atoms with Gasteiger partial charge in [-0.1, -0.05) is 12.1 Å². The average molecular weight is 217 g/mol. The van der Waals surface area contributed by atoms with Crippen LogP contribution in [0.15, 0.2) is 18.2 Å². The van der Waals surface area contributed by atoms with Crippen molar-refractivity contribution in [1.29, 1.82) is 0 Å². The van der Waals surface area contributed by atoms with Crippen LogP contribution in [-0.4, -0.2) is 13.2 Å². The van der Waals surface area contributed by atoms with Gasteiger partial charge in [-0.05, 0) is 43.2 Å². The fourth-order valence-electron chi connectivity index (χ4n) is 2.12. The molecule has 16 heavy (non-hydrogen) atoms. The second kappa shape index (κ2) is 4.10. The zero-order valence-corrected chi connectivity index (χ0v) is 9.83. The van der Waals surface area contributed by atoms with Crippen LogP contribution >= 0.6 is 0 Å². The smallest absolute Gasteiger partial charge is 0.123 e. The lowest BCUT2D eigenvalue weighted by Crippen LogP contribution is -2.15. The second-order valence-corrected chi connectivity index (χ2v) is 5.00. The molecule has 0 aromatic heterocycles. The number of hydrogen-bond acceptors (Lipinski definition) is 2. The molecule has 2 saturated carbocycles. The lowest BCUT2D eigenvalue weighted by molar-refractivity contribution is 0.407. The lowest BCUT2D eigenvalue weighted by atomic mass is 10.1. The number of benzene rings is 1. The molecule has 0 aliphatic heterocycles. The summed E-state index contributed by atoms with van der Waals surface area (Å²) in [6.45, 7) is 0.943. The SMILES string of the molecule is COc1cc(C2CC2)ccc1CNC1CC1. The van der Waals surface area contributed by atoms with Crippen LogP contribution in [0.25, 0.3) is 0 Å². The van der Waals surface area contributed by atoms with E-state index in [9.17, 15) is 0 Å². The molecule has 0 unspecified atom stereocenters. The summed E-state index contributed by atoms with van der Waals surface area (Å²) in [7, 11) is 1.77. The lowest BCUT2D eigenvalue weighted by Gasteiger charge is -2.11. The van der Waals surface area contributed by atoms with Crippen molar-refractivity contribution in [2.24, 2.45) is 0 Å². The Morgan fingerprint density at radius 3 is 2.69 bits per heavy atom. The summed E-state index contributed by atoms with van der Waals surface area (Å²) in [4.78, 5) is 0. The van der Waals surface area contributed by atoms with Crippen LogP contribution in [0, 0.1) is 0 Å². The van der Waals surface area contributed by atoms with Crippen molar-refractivity contribution < 1.29 is 4.74 Å². The highest BCUT2D eigenvalue weighted by atomic mass is 16.5. The molecule has 86 valence electrons. The van der Waals surface area contributed by atoms with Gasteiger partial charge in [0.05, 0.1) is 7.11 Å². The van der Waals surface area contributed by atoms with Crippen LogP contribution in [0.5, 0.6) is 5.75 Å². The van der Waals surface area contributed by atoms with Gasteiger partial charge in [0.15, 0.2) is 0 Å². The van der Waals surface area contributed by atoms with Gasteiger partial charge in [0.25, 0.3) is 0 Å². The first kappa shape index (κ1) is 10.2. The first-order valence-corrected chi connectivity index (χ1v) is 6.27. The molecule has 0 amide bonds. The van der Waals surface area contributed by atoms with E-state index in [4.69, 9.17) is 4.74 Å². The summed E-state index contributed by atoms with van der Waals surface area (Å²) in [6, 6.07) is 7.47. The third-order valence-electron chi connectivity index (χ3n) is 3.52. The minimum atomic E-state index is 0.757. The number of methoxy groups -OCH3 is 1. The molecule has 0 atom stereocenters. The first-order valence-electron chi connectivity index (χ1n) is 6.27. The van der Waals surface area contributed by atoms with E-state index in [-0.39, 0.29) is 0 Å². The minimum absolute atomic E-state index is 0.757. The molecule has 1 N–H and O–H groups in total. The van der Waals surface area contributed by atoms with Gasteiger partial charge in [-0.15, -0.1) is 0 Å². The van der Waals surface area contributed by atoms with E-state index in [0.29, 0.717) is 0 Å². The monoisotopic (exact) mass is 217 g/mol. The van der Waals surface area contributed by atoms with E-state index >= 15 is 0 Å². The predicted octanol–water partition coefficient (Wildman–Crippen LogP) is 2.82. The predicted molar refractivity (Wildman–Crippen MR) is 64.8 cm³/mol. The van der Waals surface area contributed by atoms with E-state index < -0.39 is 0 Å². The number of rotatable bonds is 5. The van der Waals surface area contributed by atoms with Crippen molar-refractivity contribution in [3.8, 4) is 5.75 Å². The summed E-state index contributed by atoms with van der Waals surface area (Å²) in [5.41, 5.74) is 2.74. The first-order chi connectivity index (χ1) is 7.86. The van der Waals surface area contributed by atoms with Crippen LogP contribution in [0.3, 0.4) is 0 Å². The summed E-state index contributed by atoms with van der Waals surface area (Å²) in [5.74, 6) is 1.86. The molecule has 0 heterocycles. The van der Waals surface area contributed by atoms with E-state index in [0.717, 1.165) is 24.3 Å². The zero-order valence-electron chi connectivity index (χ0n) is 9.83. The standard InChI is InChI=1S/C14H19NO/c1-16-14-8-11(10-2-3-10)4-5-12(14)9-15-13-6-7-13/h4-5,8,10,13,15H,2-3,6-7,9H2,1H3. The van der Waals surface area contributed by atoms with Crippen LogP contribution in [-0.2, 0) is 6.54 Å². The molecule has 1 aromatic rings. The Hall–Kier alpha value is -1.02. The largest absolute Gasteiger partial charge is 0.496 e. The van der Waals surface area contributed by atoms with Gasteiger partial charge < -0.3 is 10.1 Å². The fraction of sp³-hybridized carbons (Fsp3) is 0.571. The van der Waals surface area contributed by atoms with Crippen molar-refractivity contribution in [2.75, 3.05) is 7.11 Å². The average Bonchev–Trinajstić information content (AvgIpc) is 3.18. The highest BCUT2D eigenvalue weighted by Crippen LogP contribution is 2.41. The van der Waals surface area contributed by atoms with E-state index in [1.54, 1.807) is 7.11 Å². The van der Waals surface area contributed by atoms with Crippen LogP contribution < -0.4 is 10.1 Å².